The van der Waals surface area contributed by atoms with Gasteiger partial charge in [0.05, 0.1) is 0 Å². The van der Waals surface area contributed by atoms with Crippen LogP contribution in [0.1, 0.15) is 12.2 Å². The lowest BCUT2D eigenvalue weighted by molar-refractivity contribution is -0.144. The Bertz CT molecular complexity index is 368. The smallest absolute Gasteiger partial charge is 0.347 e. The van der Waals surface area contributed by atoms with Crippen molar-refractivity contribution in [2.24, 2.45) is 5.92 Å². The molecular formula is C8H9ClF3N3S. The van der Waals surface area contributed by atoms with Gasteiger partial charge in [-0.25, -0.2) is 0 Å². The first-order chi connectivity index (χ1) is 7.50. The van der Waals surface area contributed by atoms with Crippen molar-refractivity contribution >= 4 is 28.3 Å². The predicted octanol–water partition coefficient (Wildman–Crippen LogP) is 2.62. The molecule has 1 saturated heterocycles. The maximum absolute atomic E-state index is 12.3. The summed E-state index contributed by atoms with van der Waals surface area (Å²) in [5, 5.41) is 0.333. The summed E-state index contributed by atoms with van der Waals surface area (Å²) in [6.45, 7) is 1.36. The molecule has 2 rings (SSSR count). The van der Waals surface area contributed by atoms with E-state index in [1.54, 1.807) is 4.90 Å². The third kappa shape index (κ3) is 2.40. The zero-order chi connectivity index (χ0) is 11.8. The molecule has 1 unspecified atom stereocenters. The van der Waals surface area contributed by atoms with Crippen molar-refractivity contribution < 1.29 is 13.2 Å². The van der Waals surface area contributed by atoms with Crippen LogP contribution in [0.2, 0.25) is 0 Å². The Morgan fingerprint density at radius 2 is 2.25 bits per heavy atom. The quantitative estimate of drug-likeness (QED) is 0.775. The lowest BCUT2D eigenvalue weighted by Gasteiger charge is -2.12. The van der Waals surface area contributed by atoms with Gasteiger partial charge in [0, 0.05) is 30.5 Å². The Hall–Kier alpha value is -0.560. The first kappa shape index (κ1) is 11.9. The van der Waals surface area contributed by atoms with Gasteiger partial charge >= 0.3 is 6.18 Å². The average molecular weight is 272 g/mol. The van der Waals surface area contributed by atoms with Gasteiger partial charge in [-0.2, -0.15) is 22.5 Å². The van der Waals surface area contributed by atoms with Gasteiger partial charge in [-0.05, 0) is 12.3 Å². The first-order valence-electron chi connectivity index (χ1n) is 4.72. The standard InChI is InChI=1S/C8H9ClF3N3S/c9-3-5-1-2-15(4-5)7-13-6(14-16-7)8(10,11)12/h5H,1-4H2. The number of hydrogen-bond acceptors (Lipinski definition) is 4. The van der Waals surface area contributed by atoms with Gasteiger partial charge in [0.25, 0.3) is 0 Å². The second kappa shape index (κ2) is 4.37. The summed E-state index contributed by atoms with van der Waals surface area (Å²) in [7, 11) is 0. The molecule has 0 N–H and O–H groups in total. The van der Waals surface area contributed by atoms with Gasteiger partial charge in [0.15, 0.2) is 0 Å². The number of aromatic nitrogens is 2. The van der Waals surface area contributed by atoms with E-state index in [1.165, 1.54) is 0 Å². The van der Waals surface area contributed by atoms with Crippen molar-refractivity contribution in [2.45, 2.75) is 12.6 Å². The monoisotopic (exact) mass is 271 g/mol. The van der Waals surface area contributed by atoms with Gasteiger partial charge < -0.3 is 4.90 Å². The van der Waals surface area contributed by atoms with Crippen molar-refractivity contribution in [3.8, 4) is 0 Å². The second-order valence-corrected chi connectivity index (χ2v) is 4.69. The fraction of sp³-hybridized carbons (Fsp3) is 0.750. The van der Waals surface area contributed by atoms with Crippen LogP contribution >= 0.6 is 23.1 Å². The molecule has 90 valence electrons. The van der Waals surface area contributed by atoms with Crippen LogP contribution in [-0.4, -0.2) is 28.3 Å². The number of halogens is 4. The third-order valence-corrected chi connectivity index (χ3v) is 3.66. The molecule has 1 atom stereocenters. The van der Waals surface area contributed by atoms with Crippen LogP contribution in [0.5, 0.6) is 0 Å². The molecule has 2 heterocycles. The molecule has 16 heavy (non-hydrogen) atoms. The van der Waals surface area contributed by atoms with Crippen LogP contribution in [0.25, 0.3) is 0 Å². The van der Waals surface area contributed by atoms with Gasteiger partial charge in [-0.15, -0.1) is 11.6 Å². The van der Waals surface area contributed by atoms with Gasteiger partial charge in [0.1, 0.15) is 0 Å². The number of rotatable bonds is 2. The number of hydrogen-bond donors (Lipinski definition) is 0. The SMILES string of the molecule is FC(F)(F)c1nsc(N2CCC(CCl)C2)n1. The molecule has 1 aliphatic rings. The van der Waals surface area contributed by atoms with E-state index in [1.807, 2.05) is 0 Å². The first-order valence-corrected chi connectivity index (χ1v) is 6.03. The van der Waals surface area contributed by atoms with E-state index >= 15 is 0 Å². The largest absolute Gasteiger partial charge is 0.452 e. The van der Waals surface area contributed by atoms with E-state index in [4.69, 9.17) is 11.6 Å². The van der Waals surface area contributed by atoms with Crippen LogP contribution in [-0.2, 0) is 6.18 Å². The molecular weight excluding hydrogens is 263 g/mol. The Labute approximate surface area is 99.4 Å². The molecule has 0 amide bonds. The summed E-state index contributed by atoms with van der Waals surface area (Å²) in [5.74, 6) is -0.191. The van der Waals surface area contributed by atoms with E-state index in [2.05, 4.69) is 9.36 Å². The van der Waals surface area contributed by atoms with Crippen LogP contribution in [0.4, 0.5) is 18.3 Å². The van der Waals surface area contributed by atoms with E-state index in [-0.39, 0.29) is 0 Å². The molecule has 1 aromatic heterocycles. The van der Waals surface area contributed by atoms with Crippen molar-refractivity contribution in [1.82, 2.24) is 9.36 Å². The normalized spacial score (nSPS) is 21.8. The maximum atomic E-state index is 12.3. The summed E-state index contributed by atoms with van der Waals surface area (Å²) in [6.07, 6.45) is -3.56. The Kier molecular flexibility index (Phi) is 3.25. The fourth-order valence-electron chi connectivity index (χ4n) is 1.59. The minimum atomic E-state index is -4.46. The van der Waals surface area contributed by atoms with Gasteiger partial charge in [-0.3, -0.25) is 0 Å². The lowest BCUT2D eigenvalue weighted by Crippen LogP contribution is -2.20. The van der Waals surface area contributed by atoms with E-state index in [0.29, 0.717) is 30.0 Å². The molecule has 8 heteroatoms. The van der Waals surface area contributed by atoms with Crippen molar-refractivity contribution in [3.05, 3.63) is 5.82 Å². The van der Waals surface area contributed by atoms with Gasteiger partial charge in [0.2, 0.25) is 11.0 Å². The average Bonchev–Trinajstić information content (AvgIpc) is 2.85. The van der Waals surface area contributed by atoms with Crippen LogP contribution in [0.15, 0.2) is 0 Å². The molecule has 0 bridgehead atoms. The number of anilines is 1. The van der Waals surface area contributed by atoms with Gasteiger partial charge in [-0.1, -0.05) is 0 Å². The Morgan fingerprint density at radius 1 is 1.50 bits per heavy atom. The molecule has 1 aromatic rings. The van der Waals surface area contributed by atoms with Crippen LogP contribution in [0, 0.1) is 5.92 Å². The van der Waals surface area contributed by atoms with Crippen LogP contribution < -0.4 is 4.90 Å². The molecule has 0 spiro atoms. The van der Waals surface area contributed by atoms with Crippen LogP contribution in [0.3, 0.4) is 0 Å². The number of nitrogens with zero attached hydrogens (tertiary/aromatic N) is 3. The third-order valence-electron chi connectivity index (χ3n) is 2.44. The van der Waals surface area contributed by atoms with Crippen molar-refractivity contribution in [2.75, 3.05) is 23.9 Å². The zero-order valence-corrected chi connectivity index (χ0v) is 9.74. The fourth-order valence-corrected chi connectivity index (χ4v) is 2.56. The summed E-state index contributed by atoms with van der Waals surface area (Å²) >= 11 is 6.49. The Morgan fingerprint density at radius 3 is 2.75 bits per heavy atom. The molecule has 1 aliphatic heterocycles. The zero-order valence-electron chi connectivity index (χ0n) is 8.17. The molecule has 0 radical (unpaired) electrons. The highest BCUT2D eigenvalue weighted by Gasteiger charge is 2.37. The summed E-state index contributed by atoms with van der Waals surface area (Å²) < 4.78 is 40.1. The maximum Gasteiger partial charge on any atom is 0.452 e. The highest BCUT2D eigenvalue weighted by atomic mass is 35.5. The van der Waals surface area contributed by atoms with E-state index in [0.717, 1.165) is 18.0 Å². The molecule has 1 fully saturated rings. The summed E-state index contributed by atoms with van der Waals surface area (Å²) in [6, 6.07) is 0. The topological polar surface area (TPSA) is 29.0 Å². The number of alkyl halides is 4. The second-order valence-electron chi connectivity index (χ2n) is 3.65. The van der Waals surface area contributed by atoms with E-state index in [9.17, 15) is 13.2 Å². The predicted molar refractivity (Wildman–Crippen MR) is 56.0 cm³/mol. The molecule has 0 aliphatic carbocycles. The van der Waals surface area contributed by atoms with E-state index < -0.39 is 12.0 Å². The van der Waals surface area contributed by atoms with Crippen molar-refractivity contribution in [1.29, 1.82) is 0 Å². The Balaban J connectivity index is 2.08. The highest BCUT2D eigenvalue weighted by molar-refractivity contribution is 7.09. The minimum absolute atomic E-state index is 0.333. The lowest BCUT2D eigenvalue weighted by atomic mass is 10.2. The molecule has 0 saturated carbocycles. The summed E-state index contributed by atoms with van der Waals surface area (Å²) in [5.41, 5.74) is 0. The summed E-state index contributed by atoms with van der Waals surface area (Å²) in [4.78, 5) is 5.30. The highest BCUT2D eigenvalue weighted by Crippen LogP contribution is 2.32. The van der Waals surface area contributed by atoms with Crippen molar-refractivity contribution in [3.63, 3.8) is 0 Å². The minimum Gasteiger partial charge on any atom is -0.347 e. The molecule has 3 nitrogen and oxygen atoms in total. The molecule has 0 aromatic carbocycles.